The maximum absolute atomic E-state index is 15.7. The summed E-state index contributed by atoms with van der Waals surface area (Å²) in [6.45, 7) is -0.381. The molecule has 2 aliphatic rings. The summed E-state index contributed by atoms with van der Waals surface area (Å²) in [5.41, 5.74) is -0.223. The van der Waals surface area contributed by atoms with Crippen molar-refractivity contribution in [2.45, 2.75) is 34.6 Å². The van der Waals surface area contributed by atoms with Gasteiger partial charge in [0.1, 0.15) is 62.2 Å². The first-order valence-electron chi connectivity index (χ1n) is 21.4. The molecule has 5 rings (SSSR count). The monoisotopic (exact) mass is 1020 g/mol. The van der Waals surface area contributed by atoms with E-state index in [0.29, 0.717) is 5.56 Å². The van der Waals surface area contributed by atoms with Crippen molar-refractivity contribution in [2.24, 2.45) is 0 Å². The molecule has 3 aromatic rings. The standard InChI is InChI=1S/C48H46F2N2O21/c1-26-6-8-36(52(20-46(61)71-24-67-29(4)55)21-47(62)72-25-68-30(5)56)42(12-26)63-10-11-64-43-13-31(7-9-37(43)51(18-44(58)59)19-45(60)70-23-66-28(3)54)48-32-14-34(49)38(57)16-39(32)73-40-17-41(35(50)15-33(40)48)69-22-65-27(2)53/h6-9,12-17H,10-11,18-25H2,1-5H3,(H,58,59). The lowest BCUT2D eigenvalue weighted by molar-refractivity contribution is -0.167. The van der Waals surface area contributed by atoms with Crippen LogP contribution in [0.25, 0.3) is 33.4 Å². The highest BCUT2D eigenvalue weighted by atomic mass is 19.1. The molecular formula is C48H46F2N2O21. The normalized spacial score (nSPS) is 10.7. The molecule has 0 spiro atoms. The summed E-state index contributed by atoms with van der Waals surface area (Å²) < 4.78 is 88.1. The quantitative estimate of drug-likeness (QED) is 0.0279. The number of esters is 7. The summed E-state index contributed by atoms with van der Waals surface area (Å²) in [7, 11) is 0. The molecule has 25 heteroatoms. The number of nitrogens with zero attached hydrogens (tertiary/aromatic N) is 2. The number of anilines is 2. The van der Waals surface area contributed by atoms with Gasteiger partial charge in [-0.3, -0.25) is 43.2 Å². The zero-order chi connectivity index (χ0) is 53.4. The van der Waals surface area contributed by atoms with E-state index in [2.05, 4.69) is 14.2 Å². The van der Waals surface area contributed by atoms with Gasteiger partial charge in [0.2, 0.25) is 32.6 Å². The van der Waals surface area contributed by atoms with E-state index < -0.39 is 124 Å². The molecule has 73 heavy (non-hydrogen) atoms. The number of benzene rings is 4. The van der Waals surface area contributed by atoms with Gasteiger partial charge >= 0.3 is 47.8 Å². The Labute approximate surface area is 412 Å². The minimum absolute atomic E-state index is 0.00316. The van der Waals surface area contributed by atoms with Crippen LogP contribution in [-0.2, 0) is 71.5 Å². The zero-order valence-electron chi connectivity index (χ0n) is 39.6. The maximum atomic E-state index is 15.7. The van der Waals surface area contributed by atoms with Crippen LogP contribution in [0, 0.1) is 18.6 Å². The summed E-state index contributed by atoms with van der Waals surface area (Å²) in [5.74, 6) is -10.1. The van der Waals surface area contributed by atoms with Gasteiger partial charge in [-0.15, -0.1) is 0 Å². The average molecular weight is 1020 g/mol. The van der Waals surface area contributed by atoms with Crippen molar-refractivity contribution in [1.82, 2.24) is 0 Å². The van der Waals surface area contributed by atoms with Crippen molar-refractivity contribution >= 4 is 70.1 Å². The highest BCUT2D eigenvalue weighted by Gasteiger charge is 2.26. The van der Waals surface area contributed by atoms with Gasteiger partial charge in [-0.2, -0.15) is 0 Å². The van der Waals surface area contributed by atoms with Crippen molar-refractivity contribution in [3.8, 4) is 39.7 Å². The van der Waals surface area contributed by atoms with Gasteiger partial charge in [0.05, 0.1) is 11.4 Å². The number of carbonyl (C=O) groups excluding carboxylic acids is 7. The van der Waals surface area contributed by atoms with E-state index in [0.717, 1.165) is 56.9 Å². The Hall–Kier alpha value is -9.03. The molecule has 0 saturated heterocycles. The van der Waals surface area contributed by atoms with Gasteiger partial charge in [-0.25, -0.2) is 8.78 Å². The molecule has 3 aromatic carbocycles. The van der Waals surface area contributed by atoms with E-state index in [-0.39, 0.29) is 69.5 Å². The molecule has 1 heterocycles. The minimum Gasteiger partial charge on any atom is -0.488 e. The molecule has 0 unspecified atom stereocenters. The number of fused-ring (bicyclic) bond motifs is 2. The van der Waals surface area contributed by atoms with Crippen LogP contribution in [0.1, 0.15) is 33.3 Å². The molecule has 0 radical (unpaired) electrons. The Morgan fingerprint density at radius 2 is 1.04 bits per heavy atom. The minimum atomic E-state index is -1.42. The number of ether oxygens (including phenoxy) is 10. The molecule has 0 fully saturated rings. The van der Waals surface area contributed by atoms with Crippen LogP contribution in [0.3, 0.4) is 0 Å². The second kappa shape index (κ2) is 25.7. The molecule has 388 valence electrons. The first kappa shape index (κ1) is 54.9. The number of carboxylic acid groups (broad SMARTS) is 1. The number of hydrogen-bond acceptors (Lipinski definition) is 22. The van der Waals surface area contributed by atoms with Crippen molar-refractivity contribution in [3.63, 3.8) is 0 Å². The number of halogens is 2. The molecule has 0 saturated carbocycles. The summed E-state index contributed by atoms with van der Waals surface area (Å²) >= 11 is 0. The lowest BCUT2D eigenvalue weighted by atomic mass is 9.93. The third-order valence-corrected chi connectivity index (χ3v) is 9.68. The van der Waals surface area contributed by atoms with Crippen LogP contribution in [0.15, 0.2) is 69.9 Å². The molecule has 0 aromatic heterocycles. The number of carboxylic acids is 1. The molecule has 23 nitrogen and oxygen atoms in total. The Morgan fingerprint density at radius 1 is 0.548 bits per heavy atom. The van der Waals surface area contributed by atoms with Gasteiger partial charge in [0.25, 0.3) is 0 Å². The SMILES string of the molecule is CC(=O)OCOC(=O)CN(CC(=O)O)c1ccc(-c2c3cc(F)c(=O)cc-3oc3cc(OCOC(C)=O)c(F)cc23)cc1OCCOc1cc(C)ccc1N(CC(=O)OCOC(C)=O)CC(=O)OCOC(C)=O. The predicted molar refractivity (Wildman–Crippen MR) is 244 cm³/mol. The topological polar surface area (TPSA) is 286 Å². The van der Waals surface area contributed by atoms with Crippen LogP contribution < -0.4 is 29.4 Å². The summed E-state index contributed by atoms with van der Waals surface area (Å²) in [4.78, 5) is 111. The average Bonchev–Trinajstić information content (AvgIpc) is 3.29. The van der Waals surface area contributed by atoms with E-state index in [1.807, 2.05) is 0 Å². The van der Waals surface area contributed by atoms with E-state index in [9.17, 15) is 48.3 Å². The van der Waals surface area contributed by atoms with Crippen LogP contribution in [0.4, 0.5) is 20.2 Å². The Balaban J connectivity index is 1.56. The van der Waals surface area contributed by atoms with Crippen molar-refractivity contribution in [3.05, 3.63) is 88.1 Å². The predicted octanol–water partition coefficient (Wildman–Crippen LogP) is 4.40. The first-order valence-corrected chi connectivity index (χ1v) is 21.4. The summed E-state index contributed by atoms with van der Waals surface area (Å²) in [6.07, 6.45) is 0. The molecular weight excluding hydrogens is 979 g/mol. The van der Waals surface area contributed by atoms with E-state index >= 15 is 8.78 Å². The van der Waals surface area contributed by atoms with Crippen molar-refractivity contribution < 1.29 is 104 Å². The molecule has 1 N–H and O–H groups in total. The van der Waals surface area contributed by atoms with Crippen molar-refractivity contribution in [1.29, 1.82) is 0 Å². The van der Waals surface area contributed by atoms with Crippen LogP contribution in [0.2, 0.25) is 0 Å². The number of rotatable bonds is 25. The van der Waals surface area contributed by atoms with Crippen molar-refractivity contribution in [2.75, 3.05) is 76.4 Å². The zero-order valence-corrected chi connectivity index (χ0v) is 39.6. The largest absolute Gasteiger partial charge is 0.488 e. The molecule has 1 aliphatic heterocycles. The van der Waals surface area contributed by atoms with Gasteiger partial charge in [-0.1, -0.05) is 12.1 Å². The highest BCUT2D eigenvalue weighted by Crippen LogP contribution is 2.44. The van der Waals surface area contributed by atoms with Crippen LogP contribution in [-0.4, -0.2) is 119 Å². The molecule has 0 atom stereocenters. The van der Waals surface area contributed by atoms with E-state index in [4.69, 9.17) is 37.6 Å². The van der Waals surface area contributed by atoms with E-state index in [1.54, 1.807) is 19.1 Å². The van der Waals surface area contributed by atoms with Gasteiger partial charge in [0, 0.05) is 56.3 Å². The number of aliphatic carboxylic acids is 1. The fourth-order valence-corrected chi connectivity index (χ4v) is 6.59. The third kappa shape index (κ3) is 16.3. The summed E-state index contributed by atoms with van der Waals surface area (Å²) in [6, 6.07) is 12.6. The second-order valence-corrected chi connectivity index (χ2v) is 15.2. The third-order valence-electron chi connectivity index (χ3n) is 9.68. The summed E-state index contributed by atoms with van der Waals surface area (Å²) in [5, 5.41) is 9.95. The second-order valence-electron chi connectivity index (χ2n) is 15.2. The maximum Gasteiger partial charge on any atom is 0.328 e. The fraction of sp³-hybridized carbons (Fsp3) is 0.312. The fourth-order valence-electron chi connectivity index (χ4n) is 6.59. The molecule has 0 bridgehead atoms. The van der Waals surface area contributed by atoms with Gasteiger partial charge in [-0.05, 0) is 54.4 Å². The lowest BCUT2D eigenvalue weighted by Gasteiger charge is -2.26. The Morgan fingerprint density at radius 3 is 1.56 bits per heavy atom. The Bertz CT molecular complexity index is 2890. The molecule has 1 aliphatic carbocycles. The Kier molecular flexibility index (Phi) is 19.3. The first-order chi connectivity index (χ1) is 34.7. The lowest BCUT2D eigenvalue weighted by Crippen LogP contribution is -2.37. The van der Waals surface area contributed by atoms with Gasteiger partial charge in [0.15, 0.2) is 17.4 Å². The number of carbonyl (C=O) groups is 8. The van der Waals surface area contributed by atoms with E-state index in [1.165, 1.54) is 29.2 Å². The van der Waals surface area contributed by atoms with Gasteiger partial charge < -0.3 is 66.7 Å². The molecule has 0 amide bonds. The van der Waals surface area contributed by atoms with Crippen LogP contribution in [0.5, 0.6) is 17.2 Å². The number of hydrogen-bond donors (Lipinski definition) is 1. The smallest absolute Gasteiger partial charge is 0.328 e. The highest BCUT2D eigenvalue weighted by molar-refractivity contribution is 6.03. The van der Waals surface area contributed by atoms with Crippen LogP contribution >= 0.6 is 0 Å². The number of aryl methyl sites for hydroxylation is 1.